The van der Waals surface area contributed by atoms with Crippen LogP contribution in [0.2, 0.25) is 0 Å². The summed E-state index contributed by atoms with van der Waals surface area (Å²) in [5, 5.41) is 20.0. The second-order valence-electron chi connectivity index (χ2n) is 2.73. The van der Waals surface area contributed by atoms with Gasteiger partial charge in [0.05, 0.1) is 0 Å². The summed E-state index contributed by atoms with van der Waals surface area (Å²) in [7, 11) is 0. The molecule has 0 amide bonds. The van der Waals surface area contributed by atoms with E-state index in [1.165, 1.54) is 27.7 Å². The van der Waals surface area contributed by atoms with E-state index in [0.29, 0.717) is 0 Å². The summed E-state index contributed by atoms with van der Waals surface area (Å²) in [5.74, 6) is -0.750. The Morgan fingerprint density at radius 2 is 1.07 bits per heavy atom. The predicted molar refractivity (Wildman–Crippen MR) is 58.9 cm³/mol. The molecule has 0 saturated carbocycles. The fourth-order valence-corrected chi connectivity index (χ4v) is 0.572. The first-order chi connectivity index (χ1) is 6.25. The van der Waals surface area contributed by atoms with Crippen LogP contribution in [0.1, 0.15) is 30.5 Å². The van der Waals surface area contributed by atoms with Gasteiger partial charge in [0.25, 0.3) is 0 Å². The maximum absolute atomic E-state index is 9.98. The molecule has 0 heterocycles. The summed E-state index contributed by atoms with van der Waals surface area (Å²) in [4.78, 5) is 20.0. The Bertz CT molecular complexity index is 239. The summed E-state index contributed by atoms with van der Waals surface area (Å²) in [6.45, 7) is 5.39. The Labute approximate surface area is 110 Å². The Morgan fingerprint density at radius 1 is 0.867 bits per heavy atom. The van der Waals surface area contributed by atoms with E-state index in [0.717, 1.165) is 12.2 Å². The van der Waals surface area contributed by atoms with Gasteiger partial charge in [-0.3, -0.25) is 9.59 Å². The van der Waals surface area contributed by atoms with E-state index in [9.17, 15) is 19.8 Å². The molecule has 86 valence electrons. The van der Waals surface area contributed by atoms with Crippen molar-refractivity contribution in [2.75, 3.05) is 0 Å². The number of allylic oxidation sites excluding steroid dienone is 4. The molecule has 0 rings (SSSR count). The number of hydrogen-bond donors (Lipinski definition) is 0. The molecule has 2 radical (unpaired) electrons. The molecular weight excluding hydrogens is 303 g/mol. The average Bonchev–Trinajstić information content (AvgIpc) is 1.79. The third kappa shape index (κ3) is 31.9. The zero-order valence-corrected chi connectivity index (χ0v) is 12.1. The van der Waals surface area contributed by atoms with Crippen molar-refractivity contribution in [2.24, 2.45) is 0 Å². The van der Waals surface area contributed by atoms with Crippen LogP contribution in [0.25, 0.3) is 0 Å². The number of carbonyl (C=O) groups excluding carboxylic acids is 2. The number of ketones is 2. The molecule has 0 saturated heterocycles. The first kappa shape index (κ1) is 19.7. The monoisotopic (exact) mass is 322 g/mol. The molecule has 4 nitrogen and oxygen atoms in total. The SMILES string of the molecule is CC(=O)/C=C(/C)[O-].CC(=O)/C=C(/C)[O-].[HH].[HH].[Sn+2]. The average molecular weight is 321 g/mol. The van der Waals surface area contributed by atoms with Gasteiger partial charge in [0.1, 0.15) is 0 Å². The number of hydrogen-bond acceptors (Lipinski definition) is 4. The molecule has 0 unspecified atom stereocenters. The van der Waals surface area contributed by atoms with Gasteiger partial charge in [0, 0.05) is 2.85 Å². The zero-order valence-electron chi connectivity index (χ0n) is 9.29. The van der Waals surface area contributed by atoms with E-state index in [4.69, 9.17) is 0 Å². The fourth-order valence-electron chi connectivity index (χ4n) is 0.572. The third-order valence-corrected chi connectivity index (χ3v) is 0.813. The molecular formula is C10H18O4Sn. The van der Waals surface area contributed by atoms with Crippen molar-refractivity contribution in [1.29, 1.82) is 0 Å². The van der Waals surface area contributed by atoms with E-state index in [1.807, 2.05) is 0 Å². The maximum Gasteiger partial charge on any atom is 2.00 e. The maximum atomic E-state index is 9.98. The zero-order chi connectivity index (χ0) is 11.7. The quantitative estimate of drug-likeness (QED) is 0.400. The molecule has 0 N–H and O–H groups in total. The van der Waals surface area contributed by atoms with Gasteiger partial charge >= 0.3 is 23.9 Å². The number of carbonyl (C=O) groups is 2. The Hall–Kier alpha value is -0.781. The molecule has 0 aliphatic rings. The van der Waals surface area contributed by atoms with Crippen molar-refractivity contribution >= 4 is 35.5 Å². The second-order valence-corrected chi connectivity index (χ2v) is 2.73. The van der Waals surface area contributed by atoms with Crippen LogP contribution in [0.5, 0.6) is 0 Å². The van der Waals surface area contributed by atoms with Crippen LogP contribution in [0, 0.1) is 0 Å². The van der Waals surface area contributed by atoms with Crippen LogP contribution in [-0.2, 0) is 9.59 Å². The van der Waals surface area contributed by atoms with Crippen molar-refractivity contribution in [3.8, 4) is 0 Å². The van der Waals surface area contributed by atoms with Crippen LogP contribution in [0.4, 0.5) is 0 Å². The largest absolute Gasteiger partial charge is 2.00 e. The van der Waals surface area contributed by atoms with Crippen LogP contribution in [-0.4, -0.2) is 35.5 Å². The smallest absolute Gasteiger partial charge is 0.876 e. The minimum absolute atomic E-state index is 0. The standard InChI is InChI=1S/2C5H8O2.Sn.2H2/c2*1-4(6)3-5(2)7;;;/h2*3,6H,1-2H3;;2*1H/q;;+2;;/p-2/b2*4-3-;;;. The summed E-state index contributed by atoms with van der Waals surface area (Å²) in [6, 6.07) is 0. The van der Waals surface area contributed by atoms with Crippen LogP contribution in [0.15, 0.2) is 23.7 Å². The summed E-state index contributed by atoms with van der Waals surface area (Å²) in [5.41, 5.74) is 0. The van der Waals surface area contributed by atoms with Gasteiger partial charge in [-0.2, -0.15) is 0 Å². The summed E-state index contributed by atoms with van der Waals surface area (Å²) >= 11 is 0. The van der Waals surface area contributed by atoms with Crippen LogP contribution < -0.4 is 10.2 Å². The molecule has 0 bridgehead atoms. The molecule has 0 aromatic rings. The third-order valence-electron chi connectivity index (χ3n) is 0.813. The number of rotatable bonds is 2. The van der Waals surface area contributed by atoms with Gasteiger partial charge in [0.15, 0.2) is 11.6 Å². The minimum Gasteiger partial charge on any atom is -0.876 e. The van der Waals surface area contributed by atoms with E-state index in [2.05, 4.69) is 0 Å². The van der Waals surface area contributed by atoms with Gasteiger partial charge in [-0.15, -0.1) is 11.5 Å². The Kier molecular flexibility index (Phi) is 14.9. The van der Waals surface area contributed by atoms with Crippen molar-refractivity contribution in [3.05, 3.63) is 23.7 Å². The van der Waals surface area contributed by atoms with E-state index in [1.54, 1.807) is 0 Å². The van der Waals surface area contributed by atoms with Gasteiger partial charge in [-0.1, -0.05) is 13.8 Å². The molecule has 0 aromatic heterocycles. The van der Waals surface area contributed by atoms with E-state index in [-0.39, 0.29) is 49.8 Å². The molecule has 0 spiro atoms. The predicted octanol–water partition coefficient (Wildman–Crippen LogP) is -0.210. The molecule has 15 heavy (non-hydrogen) atoms. The van der Waals surface area contributed by atoms with Crippen molar-refractivity contribution in [2.45, 2.75) is 27.7 Å². The molecule has 0 fully saturated rings. The van der Waals surface area contributed by atoms with Crippen molar-refractivity contribution in [1.82, 2.24) is 0 Å². The van der Waals surface area contributed by atoms with Gasteiger partial charge < -0.3 is 10.2 Å². The normalized spacial score (nSPS) is 10.7. The minimum atomic E-state index is -0.187. The molecule has 0 aromatic carbocycles. The summed E-state index contributed by atoms with van der Waals surface area (Å²) < 4.78 is 0. The Morgan fingerprint density at radius 3 is 1.07 bits per heavy atom. The van der Waals surface area contributed by atoms with Crippen molar-refractivity contribution in [3.63, 3.8) is 0 Å². The van der Waals surface area contributed by atoms with E-state index >= 15 is 0 Å². The molecule has 0 aliphatic heterocycles. The first-order valence-corrected chi connectivity index (χ1v) is 3.97. The first-order valence-electron chi connectivity index (χ1n) is 3.97. The van der Waals surface area contributed by atoms with Gasteiger partial charge in [0.2, 0.25) is 0 Å². The molecule has 0 aliphatic carbocycles. The summed E-state index contributed by atoms with van der Waals surface area (Å²) in [6.07, 6.45) is 2.11. The fraction of sp³-hybridized carbons (Fsp3) is 0.400. The van der Waals surface area contributed by atoms with Crippen molar-refractivity contribution < 1.29 is 22.7 Å². The Balaban J connectivity index is -0.0000000480. The second kappa shape index (κ2) is 11.3. The van der Waals surface area contributed by atoms with Gasteiger partial charge in [-0.05, 0) is 26.0 Å². The molecule has 0 atom stereocenters. The topological polar surface area (TPSA) is 80.3 Å². The van der Waals surface area contributed by atoms with Crippen LogP contribution in [0.3, 0.4) is 0 Å². The molecule has 5 heteroatoms. The van der Waals surface area contributed by atoms with E-state index < -0.39 is 0 Å². The van der Waals surface area contributed by atoms with Gasteiger partial charge in [-0.25, -0.2) is 0 Å². The van der Waals surface area contributed by atoms with Crippen LogP contribution >= 0.6 is 0 Å².